The molecule has 1 fully saturated rings. The van der Waals surface area contributed by atoms with Crippen molar-refractivity contribution in [2.45, 2.75) is 12.6 Å². The molecule has 1 unspecified atom stereocenters. The third-order valence-corrected chi connectivity index (χ3v) is 7.60. The average molecular weight is 563 g/mol. The Morgan fingerprint density at radius 1 is 1.00 bits per heavy atom. The van der Waals surface area contributed by atoms with Gasteiger partial charge in [-0.2, -0.15) is 5.26 Å². The largest absolute Gasteiger partial charge is 0.383 e. The lowest BCUT2D eigenvalue weighted by atomic mass is 10.1. The lowest BCUT2D eigenvalue weighted by molar-refractivity contribution is 0.136. The third-order valence-electron chi connectivity index (χ3n) is 7.27. The number of fused-ring (bicyclic) bond motifs is 1. The SMILES string of the molecule is C=CCC(N1CCN(c2cc(C#N)ncn2)CC1)n1c(-c2cccnc2N)nc2ccc(-c3ccccc3Cl)nc21. The first kappa shape index (κ1) is 26.4. The van der Waals surface area contributed by atoms with Crippen molar-refractivity contribution in [1.82, 2.24) is 34.4 Å². The van der Waals surface area contributed by atoms with Crippen molar-refractivity contribution in [3.05, 3.63) is 90.5 Å². The van der Waals surface area contributed by atoms with Crippen LogP contribution in [-0.2, 0) is 0 Å². The third kappa shape index (κ3) is 5.09. The summed E-state index contributed by atoms with van der Waals surface area (Å²) in [5, 5.41) is 9.89. The molecule has 1 aromatic carbocycles. The van der Waals surface area contributed by atoms with E-state index in [1.165, 1.54) is 6.33 Å². The van der Waals surface area contributed by atoms with Gasteiger partial charge >= 0.3 is 0 Å². The molecule has 11 heteroatoms. The van der Waals surface area contributed by atoms with E-state index in [-0.39, 0.29) is 6.17 Å². The second kappa shape index (κ2) is 11.3. The number of nitrogens with zero attached hydrogens (tertiary/aromatic N) is 9. The number of benzene rings is 1. The van der Waals surface area contributed by atoms with Crippen LogP contribution in [0.25, 0.3) is 33.8 Å². The molecule has 1 atom stereocenters. The zero-order valence-corrected chi connectivity index (χ0v) is 23.0. The minimum atomic E-state index is -0.136. The molecule has 0 saturated carbocycles. The molecule has 0 aliphatic carbocycles. The average Bonchev–Trinajstić information content (AvgIpc) is 3.38. The number of aromatic nitrogens is 6. The van der Waals surface area contributed by atoms with Crippen molar-refractivity contribution in [2.24, 2.45) is 0 Å². The van der Waals surface area contributed by atoms with Crippen LogP contribution < -0.4 is 10.6 Å². The molecule has 0 spiro atoms. The predicted octanol–water partition coefficient (Wildman–Crippen LogP) is 4.95. The normalized spacial score (nSPS) is 14.6. The van der Waals surface area contributed by atoms with Gasteiger partial charge in [0, 0.05) is 49.0 Å². The Bertz CT molecular complexity index is 1770. The molecule has 204 valence electrons. The van der Waals surface area contributed by atoms with Crippen molar-refractivity contribution in [3.8, 4) is 28.7 Å². The van der Waals surface area contributed by atoms with Gasteiger partial charge in [0.1, 0.15) is 41.1 Å². The molecule has 4 aromatic heterocycles. The standard InChI is InChI=1S/C30H27ClN10/c1-2-6-27(40-15-13-39(14-16-40)26-17-20(18-32)35-19-36-26)41-29(22-8-5-12-34-28(22)33)38-25-11-10-24(37-30(25)41)21-7-3-4-9-23(21)31/h2-5,7-12,17,19,27H,1,6,13-16H2,(H2,33,34). The van der Waals surface area contributed by atoms with Crippen molar-refractivity contribution in [1.29, 1.82) is 5.26 Å². The Morgan fingerprint density at radius 2 is 1.80 bits per heavy atom. The van der Waals surface area contributed by atoms with Crippen LogP contribution in [0, 0.1) is 11.3 Å². The number of anilines is 2. The molecular weight excluding hydrogens is 536 g/mol. The van der Waals surface area contributed by atoms with Crippen LogP contribution in [0.2, 0.25) is 5.02 Å². The van der Waals surface area contributed by atoms with E-state index < -0.39 is 0 Å². The molecule has 1 aliphatic rings. The number of nitriles is 1. The topological polar surface area (TPSA) is 126 Å². The lowest BCUT2D eigenvalue weighted by Gasteiger charge is -2.40. The van der Waals surface area contributed by atoms with Gasteiger partial charge in [0.15, 0.2) is 5.65 Å². The van der Waals surface area contributed by atoms with Gasteiger partial charge in [0.05, 0.1) is 17.4 Å². The number of imidazole rings is 1. The monoisotopic (exact) mass is 562 g/mol. The van der Waals surface area contributed by atoms with Crippen LogP contribution in [0.1, 0.15) is 18.3 Å². The Morgan fingerprint density at radius 3 is 2.56 bits per heavy atom. The first-order valence-electron chi connectivity index (χ1n) is 13.2. The molecular formula is C30H27ClN10. The van der Waals surface area contributed by atoms with Crippen molar-refractivity contribution < 1.29 is 0 Å². The number of piperazine rings is 1. The smallest absolute Gasteiger partial charge is 0.162 e. The molecule has 1 saturated heterocycles. The highest BCUT2D eigenvalue weighted by Crippen LogP contribution is 2.35. The Labute approximate surface area is 242 Å². The van der Waals surface area contributed by atoms with E-state index in [0.717, 1.165) is 60.0 Å². The summed E-state index contributed by atoms with van der Waals surface area (Å²) >= 11 is 6.55. The highest BCUT2D eigenvalue weighted by atomic mass is 35.5. The summed E-state index contributed by atoms with van der Waals surface area (Å²) < 4.78 is 2.15. The van der Waals surface area contributed by atoms with Crippen LogP contribution in [0.3, 0.4) is 0 Å². The molecule has 6 rings (SSSR count). The van der Waals surface area contributed by atoms with E-state index in [1.807, 2.05) is 54.6 Å². The minimum absolute atomic E-state index is 0.136. The van der Waals surface area contributed by atoms with Crippen molar-refractivity contribution >= 4 is 34.4 Å². The van der Waals surface area contributed by atoms with Crippen LogP contribution in [-0.4, -0.2) is 60.6 Å². The summed E-state index contributed by atoms with van der Waals surface area (Å²) in [4.78, 5) is 27.4. The summed E-state index contributed by atoms with van der Waals surface area (Å²) in [7, 11) is 0. The van der Waals surface area contributed by atoms with Gasteiger partial charge in [-0.1, -0.05) is 35.9 Å². The van der Waals surface area contributed by atoms with Gasteiger partial charge in [0.2, 0.25) is 0 Å². The zero-order chi connectivity index (χ0) is 28.3. The van der Waals surface area contributed by atoms with Crippen LogP contribution in [0.5, 0.6) is 0 Å². The number of pyridine rings is 2. The number of nitrogens with two attached hydrogens (primary N) is 1. The molecule has 10 nitrogen and oxygen atoms in total. The maximum Gasteiger partial charge on any atom is 0.162 e. The Kier molecular flexibility index (Phi) is 7.29. The fourth-order valence-corrected chi connectivity index (χ4v) is 5.50. The maximum atomic E-state index is 9.26. The van der Waals surface area contributed by atoms with E-state index in [4.69, 9.17) is 27.3 Å². The van der Waals surface area contributed by atoms with E-state index in [1.54, 1.807) is 12.3 Å². The summed E-state index contributed by atoms with van der Waals surface area (Å²) in [5.74, 6) is 1.84. The van der Waals surface area contributed by atoms with Gasteiger partial charge in [-0.3, -0.25) is 9.47 Å². The molecule has 0 radical (unpaired) electrons. The number of halogens is 1. The van der Waals surface area contributed by atoms with Crippen LogP contribution in [0.15, 0.2) is 79.8 Å². The summed E-state index contributed by atoms with van der Waals surface area (Å²) in [6.45, 7) is 7.02. The number of rotatable bonds is 7. The molecule has 1 aliphatic heterocycles. The molecule has 0 amide bonds. The predicted molar refractivity (Wildman–Crippen MR) is 160 cm³/mol. The molecule has 5 aromatic rings. The van der Waals surface area contributed by atoms with Crippen LogP contribution >= 0.6 is 11.6 Å². The van der Waals surface area contributed by atoms with Gasteiger partial charge in [-0.25, -0.2) is 24.9 Å². The fraction of sp³-hybridized carbons (Fsp3) is 0.200. The Hall–Kier alpha value is -4.85. The second-order valence-corrected chi connectivity index (χ2v) is 10.1. The first-order valence-corrected chi connectivity index (χ1v) is 13.6. The molecule has 41 heavy (non-hydrogen) atoms. The highest BCUT2D eigenvalue weighted by Gasteiger charge is 2.30. The van der Waals surface area contributed by atoms with Crippen molar-refractivity contribution in [3.63, 3.8) is 0 Å². The summed E-state index contributed by atoms with van der Waals surface area (Å²) in [6, 6.07) is 19.2. The number of hydrogen-bond acceptors (Lipinski definition) is 9. The Balaban J connectivity index is 1.44. The second-order valence-electron chi connectivity index (χ2n) is 9.66. The van der Waals surface area contributed by atoms with E-state index in [0.29, 0.717) is 28.8 Å². The first-order chi connectivity index (χ1) is 20.1. The number of hydrogen-bond donors (Lipinski definition) is 1. The van der Waals surface area contributed by atoms with Gasteiger partial charge < -0.3 is 10.6 Å². The van der Waals surface area contributed by atoms with E-state index in [9.17, 15) is 5.26 Å². The van der Waals surface area contributed by atoms with Crippen molar-refractivity contribution in [2.75, 3.05) is 36.8 Å². The van der Waals surface area contributed by atoms with E-state index >= 15 is 0 Å². The van der Waals surface area contributed by atoms with Crippen LogP contribution in [0.4, 0.5) is 11.6 Å². The highest BCUT2D eigenvalue weighted by molar-refractivity contribution is 6.33. The van der Waals surface area contributed by atoms with Gasteiger partial charge in [-0.05, 0) is 36.8 Å². The van der Waals surface area contributed by atoms with Gasteiger partial charge in [0.25, 0.3) is 0 Å². The number of nitrogen functional groups attached to an aromatic ring is 1. The molecule has 2 N–H and O–H groups in total. The lowest BCUT2D eigenvalue weighted by Crippen LogP contribution is -2.49. The minimum Gasteiger partial charge on any atom is -0.383 e. The fourth-order valence-electron chi connectivity index (χ4n) is 5.27. The molecule has 0 bridgehead atoms. The quantitative estimate of drug-likeness (QED) is 0.274. The van der Waals surface area contributed by atoms with Gasteiger partial charge in [-0.15, -0.1) is 6.58 Å². The summed E-state index contributed by atoms with van der Waals surface area (Å²) in [6.07, 6.45) is 5.54. The summed E-state index contributed by atoms with van der Waals surface area (Å²) in [5.41, 5.74) is 10.5. The maximum absolute atomic E-state index is 9.26. The zero-order valence-electron chi connectivity index (χ0n) is 22.2. The molecule has 5 heterocycles. The van der Waals surface area contributed by atoms with E-state index in [2.05, 4.69) is 42.0 Å².